The molecule has 0 spiro atoms. The summed E-state index contributed by atoms with van der Waals surface area (Å²) in [7, 11) is -3.70. The van der Waals surface area contributed by atoms with Crippen LogP contribution in [0.25, 0.3) is 0 Å². The molecule has 0 aliphatic carbocycles. The Morgan fingerprint density at radius 2 is 2.29 bits per heavy atom. The van der Waals surface area contributed by atoms with Gasteiger partial charge < -0.3 is 14.6 Å². The molecule has 1 aliphatic heterocycles. The van der Waals surface area contributed by atoms with Crippen LogP contribution in [-0.4, -0.2) is 45.4 Å². The largest absolute Gasteiger partial charge is 0.480 e. The number of halogens is 1. The van der Waals surface area contributed by atoms with Crippen LogP contribution in [0.2, 0.25) is 5.02 Å². The summed E-state index contributed by atoms with van der Waals surface area (Å²) in [5.74, 6) is -1.03. The van der Waals surface area contributed by atoms with E-state index in [0.29, 0.717) is 19.6 Å². The number of carboxylic acid groups (broad SMARTS) is 1. The van der Waals surface area contributed by atoms with Crippen molar-refractivity contribution in [2.75, 3.05) is 19.8 Å². The number of hydrogen-bond donors (Lipinski definition) is 2. The average molecular weight is 336 g/mol. The molecule has 0 aromatic heterocycles. The highest BCUT2D eigenvalue weighted by Gasteiger charge is 2.24. The summed E-state index contributed by atoms with van der Waals surface area (Å²) in [5.41, 5.74) is 0. The van der Waals surface area contributed by atoms with Crippen LogP contribution in [0.3, 0.4) is 0 Å². The van der Waals surface area contributed by atoms with E-state index in [1.54, 1.807) is 0 Å². The second kappa shape index (κ2) is 6.61. The van der Waals surface area contributed by atoms with Gasteiger partial charge in [-0.25, -0.2) is 17.9 Å². The molecule has 1 heterocycles. The summed E-state index contributed by atoms with van der Waals surface area (Å²) < 4.78 is 36.9. The third-order valence-corrected chi connectivity index (χ3v) is 4.63. The van der Waals surface area contributed by atoms with E-state index in [0.717, 1.165) is 0 Å². The number of carbonyl (C=O) groups is 1. The molecule has 1 atom stereocenters. The van der Waals surface area contributed by atoms with Crippen LogP contribution in [0.1, 0.15) is 6.42 Å². The Kier molecular flexibility index (Phi) is 5.04. The Morgan fingerprint density at radius 3 is 2.86 bits per heavy atom. The summed E-state index contributed by atoms with van der Waals surface area (Å²) in [6, 6.07) is 3.60. The van der Waals surface area contributed by atoms with Gasteiger partial charge in [-0.1, -0.05) is 11.6 Å². The topological polar surface area (TPSA) is 102 Å². The molecule has 2 rings (SSSR count). The van der Waals surface area contributed by atoms with Crippen molar-refractivity contribution in [3.05, 3.63) is 23.2 Å². The SMILES string of the molecule is O=C(O)COc1ccc(S(=O)(=O)NC2CCOC2)cc1Cl. The van der Waals surface area contributed by atoms with Gasteiger partial charge in [-0.3, -0.25) is 0 Å². The lowest BCUT2D eigenvalue weighted by Crippen LogP contribution is -2.35. The predicted molar refractivity (Wildman–Crippen MR) is 74.1 cm³/mol. The number of carboxylic acids is 1. The summed E-state index contributed by atoms with van der Waals surface area (Å²) in [5, 5.41) is 8.55. The molecule has 0 amide bonds. The molecule has 116 valence electrons. The fourth-order valence-corrected chi connectivity index (χ4v) is 3.40. The molecule has 21 heavy (non-hydrogen) atoms. The first-order chi connectivity index (χ1) is 9.88. The standard InChI is InChI=1S/C12H14ClNO6S/c13-10-5-9(1-2-11(10)20-7-12(15)16)21(17,18)14-8-3-4-19-6-8/h1-2,5,8,14H,3-4,6-7H2,(H,15,16). The van der Waals surface area contributed by atoms with E-state index in [9.17, 15) is 13.2 Å². The van der Waals surface area contributed by atoms with Gasteiger partial charge in [0.15, 0.2) is 6.61 Å². The van der Waals surface area contributed by atoms with Gasteiger partial charge in [0.25, 0.3) is 0 Å². The number of nitrogens with one attached hydrogen (secondary N) is 1. The molecule has 0 saturated carbocycles. The molecule has 0 bridgehead atoms. The highest BCUT2D eigenvalue weighted by molar-refractivity contribution is 7.89. The van der Waals surface area contributed by atoms with Crippen LogP contribution < -0.4 is 9.46 Å². The molecule has 1 fully saturated rings. The Balaban J connectivity index is 2.12. The van der Waals surface area contributed by atoms with E-state index in [2.05, 4.69) is 4.72 Å². The molecule has 1 saturated heterocycles. The second-order valence-corrected chi connectivity index (χ2v) is 6.58. The normalized spacial score (nSPS) is 18.6. The number of rotatable bonds is 6. The van der Waals surface area contributed by atoms with Gasteiger partial charge in [0.2, 0.25) is 10.0 Å². The fraction of sp³-hybridized carbons (Fsp3) is 0.417. The Labute approximate surface area is 126 Å². The van der Waals surface area contributed by atoms with Gasteiger partial charge in [-0.2, -0.15) is 0 Å². The number of hydrogen-bond acceptors (Lipinski definition) is 5. The number of benzene rings is 1. The number of aliphatic carboxylic acids is 1. The Morgan fingerprint density at radius 1 is 1.52 bits per heavy atom. The molecule has 1 unspecified atom stereocenters. The van der Waals surface area contributed by atoms with Crippen LogP contribution in [0.5, 0.6) is 5.75 Å². The van der Waals surface area contributed by atoms with Crippen LogP contribution in [0.15, 0.2) is 23.1 Å². The summed E-state index contributed by atoms with van der Waals surface area (Å²) in [4.78, 5) is 10.4. The van der Waals surface area contributed by atoms with Crippen molar-refractivity contribution in [2.45, 2.75) is 17.4 Å². The molecule has 2 N–H and O–H groups in total. The zero-order chi connectivity index (χ0) is 15.5. The molecule has 7 nitrogen and oxygen atoms in total. The first-order valence-corrected chi connectivity index (χ1v) is 7.99. The summed E-state index contributed by atoms with van der Waals surface area (Å²) in [6.07, 6.45) is 0.618. The van der Waals surface area contributed by atoms with E-state index in [1.165, 1.54) is 18.2 Å². The van der Waals surface area contributed by atoms with E-state index >= 15 is 0 Å². The molecule has 1 aliphatic rings. The van der Waals surface area contributed by atoms with Crippen LogP contribution >= 0.6 is 11.6 Å². The maximum atomic E-state index is 12.2. The van der Waals surface area contributed by atoms with Crippen LogP contribution in [0.4, 0.5) is 0 Å². The molecular weight excluding hydrogens is 322 g/mol. The lowest BCUT2D eigenvalue weighted by molar-refractivity contribution is -0.139. The van der Waals surface area contributed by atoms with Crippen LogP contribution in [0, 0.1) is 0 Å². The molecule has 0 radical (unpaired) electrons. The maximum Gasteiger partial charge on any atom is 0.341 e. The third kappa shape index (κ3) is 4.31. The van der Waals surface area contributed by atoms with E-state index in [1.807, 2.05) is 0 Å². The fourth-order valence-electron chi connectivity index (χ4n) is 1.82. The minimum Gasteiger partial charge on any atom is -0.480 e. The monoisotopic (exact) mass is 335 g/mol. The van der Waals surface area contributed by atoms with Gasteiger partial charge >= 0.3 is 5.97 Å². The van der Waals surface area contributed by atoms with Crippen molar-refractivity contribution in [1.29, 1.82) is 0 Å². The first kappa shape index (κ1) is 16.0. The highest BCUT2D eigenvalue weighted by Crippen LogP contribution is 2.27. The van der Waals surface area contributed by atoms with Gasteiger partial charge in [0, 0.05) is 12.6 Å². The first-order valence-electron chi connectivity index (χ1n) is 6.13. The minimum atomic E-state index is -3.70. The molecular formula is C12H14ClNO6S. The van der Waals surface area contributed by atoms with Crippen LogP contribution in [-0.2, 0) is 19.6 Å². The third-order valence-electron chi connectivity index (χ3n) is 2.82. The highest BCUT2D eigenvalue weighted by atomic mass is 35.5. The molecule has 1 aromatic rings. The van der Waals surface area contributed by atoms with Gasteiger partial charge in [0.1, 0.15) is 5.75 Å². The van der Waals surface area contributed by atoms with E-state index < -0.39 is 22.6 Å². The Hall–Kier alpha value is -1.35. The molecule has 9 heteroatoms. The van der Waals surface area contributed by atoms with Gasteiger partial charge in [-0.15, -0.1) is 0 Å². The van der Waals surface area contributed by atoms with Crippen molar-refractivity contribution < 1.29 is 27.8 Å². The summed E-state index contributed by atoms with van der Waals surface area (Å²) in [6.45, 7) is 0.312. The lowest BCUT2D eigenvalue weighted by Gasteiger charge is -2.12. The zero-order valence-corrected chi connectivity index (χ0v) is 12.5. The lowest BCUT2D eigenvalue weighted by atomic mass is 10.3. The number of sulfonamides is 1. The van der Waals surface area contributed by atoms with Crippen molar-refractivity contribution >= 4 is 27.6 Å². The van der Waals surface area contributed by atoms with Gasteiger partial charge in [0.05, 0.1) is 16.5 Å². The van der Waals surface area contributed by atoms with E-state index in [4.69, 9.17) is 26.2 Å². The van der Waals surface area contributed by atoms with Crippen molar-refractivity contribution in [3.8, 4) is 5.75 Å². The molecule has 1 aromatic carbocycles. The average Bonchev–Trinajstić information content (AvgIpc) is 2.89. The van der Waals surface area contributed by atoms with Crippen molar-refractivity contribution in [2.24, 2.45) is 0 Å². The maximum absolute atomic E-state index is 12.2. The zero-order valence-electron chi connectivity index (χ0n) is 10.9. The smallest absolute Gasteiger partial charge is 0.341 e. The quantitative estimate of drug-likeness (QED) is 0.799. The number of ether oxygens (including phenoxy) is 2. The van der Waals surface area contributed by atoms with Crippen molar-refractivity contribution in [3.63, 3.8) is 0 Å². The Bertz CT molecular complexity index is 627. The van der Waals surface area contributed by atoms with Gasteiger partial charge in [-0.05, 0) is 24.6 Å². The predicted octanol–water partition coefficient (Wildman–Crippen LogP) is 0.871. The minimum absolute atomic E-state index is 0.0120. The van der Waals surface area contributed by atoms with E-state index in [-0.39, 0.29) is 21.7 Å². The van der Waals surface area contributed by atoms with Crippen molar-refractivity contribution in [1.82, 2.24) is 4.72 Å². The summed E-state index contributed by atoms with van der Waals surface area (Å²) >= 11 is 5.90. The second-order valence-electron chi connectivity index (χ2n) is 4.46.